The Morgan fingerprint density at radius 1 is 1.08 bits per heavy atom. The fourth-order valence-electron chi connectivity index (χ4n) is 3.39. The summed E-state index contributed by atoms with van der Waals surface area (Å²) in [5, 5.41) is 28.8. The van der Waals surface area contributed by atoms with Gasteiger partial charge in [-0.25, -0.2) is 0 Å². The summed E-state index contributed by atoms with van der Waals surface area (Å²) < 4.78 is 10.9. The fourth-order valence-corrected chi connectivity index (χ4v) is 3.39. The first-order valence-corrected chi connectivity index (χ1v) is 8.47. The van der Waals surface area contributed by atoms with E-state index in [1.54, 1.807) is 13.8 Å². The van der Waals surface area contributed by atoms with E-state index in [4.69, 9.17) is 9.47 Å². The normalized spacial score (nSPS) is 26.4. The second-order valence-electron chi connectivity index (χ2n) is 8.11. The molecule has 0 bridgehead atoms. The monoisotopic (exact) mass is 369 g/mol. The van der Waals surface area contributed by atoms with Gasteiger partial charge in [0.2, 0.25) is 0 Å². The molecule has 0 aromatic carbocycles. The third kappa shape index (κ3) is 3.98. The summed E-state index contributed by atoms with van der Waals surface area (Å²) in [5.41, 5.74) is -2.80. The number of rotatable bonds is 7. The van der Waals surface area contributed by atoms with E-state index < -0.39 is 52.8 Å². The quantitative estimate of drug-likeness (QED) is 0.650. The van der Waals surface area contributed by atoms with Crippen LogP contribution in [0.4, 0.5) is 0 Å². The van der Waals surface area contributed by atoms with Crippen molar-refractivity contribution in [2.75, 3.05) is 6.61 Å². The van der Waals surface area contributed by atoms with Crippen molar-refractivity contribution in [2.45, 2.75) is 53.8 Å². The number of carbonyl (C=O) groups is 3. The highest BCUT2D eigenvalue weighted by molar-refractivity contribution is 5.77. The predicted molar refractivity (Wildman–Crippen MR) is 89.9 cm³/mol. The Morgan fingerprint density at radius 3 is 1.92 bits per heavy atom. The highest BCUT2D eigenvalue weighted by Gasteiger charge is 2.60. The molecule has 0 radical (unpaired) electrons. The van der Waals surface area contributed by atoms with Crippen LogP contribution >= 0.6 is 0 Å². The lowest BCUT2D eigenvalue weighted by Crippen LogP contribution is -2.49. The Hall–Kier alpha value is -2.14. The number of carboxylic acids is 2. The Bertz CT molecular complexity index is 618. The van der Waals surface area contributed by atoms with Crippen molar-refractivity contribution in [3.8, 4) is 6.07 Å². The highest BCUT2D eigenvalue weighted by atomic mass is 16.6. The molecule has 1 fully saturated rings. The van der Waals surface area contributed by atoms with Crippen LogP contribution in [0.5, 0.6) is 0 Å². The van der Waals surface area contributed by atoms with Gasteiger partial charge >= 0.3 is 17.9 Å². The third-order valence-corrected chi connectivity index (χ3v) is 5.19. The zero-order valence-electron chi connectivity index (χ0n) is 16.0. The van der Waals surface area contributed by atoms with E-state index in [1.807, 2.05) is 6.07 Å². The lowest BCUT2D eigenvalue weighted by molar-refractivity contribution is -0.161. The van der Waals surface area contributed by atoms with Crippen molar-refractivity contribution in [1.29, 1.82) is 5.26 Å². The number of ether oxygens (including phenoxy) is 2. The van der Waals surface area contributed by atoms with Gasteiger partial charge in [0.05, 0.1) is 28.9 Å². The van der Waals surface area contributed by atoms with E-state index in [9.17, 15) is 29.9 Å². The molecule has 146 valence electrons. The molecule has 2 N–H and O–H groups in total. The maximum atomic E-state index is 11.8. The average Bonchev–Trinajstić information content (AvgIpc) is 2.91. The number of hydrogen-bond donors (Lipinski definition) is 2. The molecule has 8 nitrogen and oxygen atoms in total. The van der Waals surface area contributed by atoms with E-state index >= 15 is 0 Å². The largest absolute Gasteiger partial charge is 0.481 e. The minimum Gasteiger partial charge on any atom is -0.481 e. The number of carbonyl (C=O) groups excluding carboxylic acids is 1. The van der Waals surface area contributed by atoms with Crippen LogP contribution in [0.15, 0.2) is 0 Å². The molecule has 26 heavy (non-hydrogen) atoms. The van der Waals surface area contributed by atoms with Gasteiger partial charge in [-0.3, -0.25) is 14.4 Å². The van der Waals surface area contributed by atoms with Crippen LogP contribution < -0.4 is 0 Å². The summed E-state index contributed by atoms with van der Waals surface area (Å²) in [4.78, 5) is 35.4. The lowest BCUT2D eigenvalue weighted by atomic mass is 9.61. The third-order valence-electron chi connectivity index (χ3n) is 5.19. The van der Waals surface area contributed by atoms with Gasteiger partial charge in [0.25, 0.3) is 0 Å². The van der Waals surface area contributed by atoms with Crippen LogP contribution in [0.2, 0.25) is 0 Å². The summed E-state index contributed by atoms with van der Waals surface area (Å²) in [6.45, 7) is 8.90. The van der Waals surface area contributed by atoms with Crippen LogP contribution in [0.1, 0.15) is 41.5 Å². The molecule has 0 aromatic heterocycles. The molecule has 8 heteroatoms. The number of nitrogens with zero attached hydrogens (tertiary/aromatic N) is 1. The fraction of sp³-hybridized carbons (Fsp3) is 0.778. The van der Waals surface area contributed by atoms with E-state index in [0.717, 1.165) is 0 Å². The number of aliphatic carboxylic acids is 2. The number of hydrogen-bond acceptors (Lipinski definition) is 6. The molecular weight excluding hydrogens is 342 g/mol. The summed E-state index contributed by atoms with van der Waals surface area (Å²) in [6.07, 6.45) is -2.01. The van der Waals surface area contributed by atoms with E-state index in [-0.39, 0.29) is 12.5 Å². The number of nitriles is 1. The van der Waals surface area contributed by atoms with Crippen molar-refractivity contribution in [3.63, 3.8) is 0 Å². The van der Waals surface area contributed by atoms with Crippen LogP contribution in [-0.2, 0) is 23.9 Å². The molecule has 1 rings (SSSR count). The minimum absolute atomic E-state index is 0.233. The SMILES string of the molecule is CC(C)C(=O)OCC1OC(C#N)C(C(C)(C)C(=O)O)C1C(C)(C)C(=O)O. The molecule has 4 unspecified atom stereocenters. The zero-order chi connectivity index (χ0) is 20.4. The molecule has 0 aromatic rings. The molecule has 0 saturated carbocycles. The summed E-state index contributed by atoms with van der Waals surface area (Å²) >= 11 is 0. The molecular formula is C18H27NO7. The van der Waals surface area contributed by atoms with Crippen molar-refractivity contribution in [1.82, 2.24) is 0 Å². The highest BCUT2D eigenvalue weighted by Crippen LogP contribution is 2.51. The van der Waals surface area contributed by atoms with Crippen molar-refractivity contribution >= 4 is 17.9 Å². The zero-order valence-corrected chi connectivity index (χ0v) is 16.0. The van der Waals surface area contributed by atoms with E-state index in [2.05, 4.69) is 0 Å². The first-order valence-electron chi connectivity index (χ1n) is 8.47. The van der Waals surface area contributed by atoms with Gasteiger partial charge in [0.15, 0.2) is 0 Å². The van der Waals surface area contributed by atoms with Crippen LogP contribution in [0, 0.1) is 39.9 Å². The Kier molecular flexibility index (Phi) is 6.42. The summed E-state index contributed by atoms with van der Waals surface area (Å²) in [7, 11) is 0. The lowest BCUT2D eigenvalue weighted by Gasteiger charge is -2.39. The molecule has 1 saturated heterocycles. The van der Waals surface area contributed by atoms with Crippen LogP contribution in [0.25, 0.3) is 0 Å². The van der Waals surface area contributed by atoms with Gasteiger partial charge in [-0.2, -0.15) is 5.26 Å². The Labute approximate surface area is 153 Å². The standard InChI is InChI=1S/C18H27NO7/c1-9(2)14(20)25-8-11-13(18(5,6)16(23)24)12(10(7-19)26-11)17(3,4)15(21)22/h9-13H,8H2,1-6H3,(H,21,22)(H,23,24). The maximum absolute atomic E-state index is 11.8. The predicted octanol–water partition coefficient (Wildman–Crippen LogP) is 1.93. The second-order valence-corrected chi connectivity index (χ2v) is 8.11. The van der Waals surface area contributed by atoms with Crippen molar-refractivity contribution in [2.24, 2.45) is 28.6 Å². The van der Waals surface area contributed by atoms with Crippen LogP contribution in [-0.4, -0.2) is 46.9 Å². The Morgan fingerprint density at radius 2 is 1.54 bits per heavy atom. The topological polar surface area (TPSA) is 134 Å². The van der Waals surface area contributed by atoms with Crippen molar-refractivity contribution < 1.29 is 34.1 Å². The molecule has 0 spiro atoms. The maximum Gasteiger partial charge on any atom is 0.309 e. The molecule has 4 atom stereocenters. The first-order chi connectivity index (χ1) is 11.8. The number of esters is 1. The van der Waals surface area contributed by atoms with E-state index in [1.165, 1.54) is 27.7 Å². The molecule has 0 aliphatic carbocycles. The van der Waals surface area contributed by atoms with Gasteiger partial charge in [-0.15, -0.1) is 0 Å². The van der Waals surface area contributed by atoms with Gasteiger partial charge in [-0.1, -0.05) is 13.8 Å². The summed E-state index contributed by atoms with van der Waals surface area (Å²) in [6, 6.07) is 1.94. The van der Waals surface area contributed by atoms with Gasteiger partial charge in [-0.05, 0) is 27.7 Å². The summed E-state index contributed by atoms with van der Waals surface area (Å²) in [5.74, 6) is -4.88. The van der Waals surface area contributed by atoms with Gasteiger partial charge in [0, 0.05) is 11.8 Å². The number of carboxylic acid groups (broad SMARTS) is 2. The molecule has 0 amide bonds. The van der Waals surface area contributed by atoms with Crippen molar-refractivity contribution in [3.05, 3.63) is 0 Å². The second kappa shape index (κ2) is 7.62. The minimum atomic E-state index is -1.41. The van der Waals surface area contributed by atoms with Gasteiger partial charge in [0.1, 0.15) is 12.7 Å². The molecule has 1 aliphatic rings. The first kappa shape index (κ1) is 21.9. The van der Waals surface area contributed by atoms with Gasteiger partial charge < -0.3 is 19.7 Å². The Balaban J connectivity index is 3.34. The van der Waals surface area contributed by atoms with E-state index in [0.29, 0.717) is 0 Å². The molecule has 1 heterocycles. The van der Waals surface area contributed by atoms with Crippen LogP contribution in [0.3, 0.4) is 0 Å². The average molecular weight is 369 g/mol. The smallest absolute Gasteiger partial charge is 0.309 e. The molecule has 1 aliphatic heterocycles.